The fraction of sp³-hybridized carbons (Fsp3) is 0.467. The first-order chi connectivity index (χ1) is 8.76. The van der Waals surface area contributed by atoms with Crippen molar-refractivity contribution in [1.29, 1.82) is 0 Å². The van der Waals surface area contributed by atoms with Gasteiger partial charge in [0.25, 0.3) is 0 Å². The number of carbonyl (C=O) groups is 1. The lowest BCUT2D eigenvalue weighted by Gasteiger charge is -2.35. The molecule has 1 aromatic carbocycles. The van der Waals surface area contributed by atoms with Crippen molar-refractivity contribution < 1.29 is 9.53 Å². The third-order valence-electron chi connectivity index (χ3n) is 3.83. The molecule has 0 spiro atoms. The highest BCUT2D eigenvalue weighted by atomic mass is 16.6. The van der Waals surface area contributed by atoms with Gasteiger partial charge in [-0.05, 0) is 31.7 Å². The summed E-state index contributed by atoms with van der Waals surface area (Å²) in [6.45, 7) is 1.83. The van der Waals surface area contributed by atoms with Crippen LogP contribution in [-0.2, 0) is 15.1 Å². The van der Waals surface area contributed by atoms with Crippen LogP contribution in [-0.4, -0.2) is 11.7 Å². The van der Waals surface area contributed by atoms with Gasteiger partial charge in [-0.15, -0.1) is 0 Å². The SMILES string of the molecule is CCC(=O)OC12CCCCC1=Nc1ccccc12. The number of hydrogen-bond donors (Lipinski definition) is 0. The summed E-state index contributed by atoms with van der Waals surface area (Å²) in [5.74, 6) is -0.138. The van der Waals surface area contributed by atoms with E-state index in [1.807, 2.05) is 31.2 Å². The summed E-state index contributed by atoms with van der Waals surface area (Å²) in [6, 6.07) is 8.02. The molecule has 18 heavy (non-hydrogen) atoms. The molecule has 0 radical (unpaired) electrons. The number of ether oxygens (including phenoxy) is 1. The standard InChI is InChI=1S/C15H17NO2/c1-2-14(17)18-15-10-6-5-9-13(15)16-12-8-4-3-7-11(12)15/h3-4,7-8H,2,5-6,9-10H2,1H3. The second-order valence-corrected chi connectivity index (χ2v) is 4.94. The van der Waals surface area contributed by atoms with Crippen LogP contribution in [0.2, 0.25) is 0 Å². The molecule has 0 bridgehead atoms. The lowest BCUT2D eigenvalue weighted by molar-refractivity contribution is -0.154. The maximum atomic E-state index is 11.8. The normalized spacial score (nSPS) is 25.1. The van der Waals surface area contributed by atoms with Crippen LogP contribution in [0.5, 0.6) is 0 Å². The van der Waals surface area contributed by atoms with Crippen molar-refractivity contribution in [3.8, 4) is 0 Å². The van der Waals surface area contributed by atoms with Crippen LogP contribution in [0, 0.1) is 0 Å². The Morgan fingerprint density at radius 2 is 2.22 bits per heavy atom. The Kier molecular flexibility index (Phi) is 2.69. The second-order valence-electron chi connectivity index (χ2n) is 4.94. The largest absolute Gasteiger partial charge is 0.448 e. The average Bonchev–Trinajstić information content (AvgIpc) is 2.73. The van der Waals surface area contributed by atoms with Crippen LogP contribution in [0.3, 0.4) is 0 Å². The summed E-state index contributed by atoms with van der Waals surface area (Å²) in [5.41, 5.74) is 2.53. The zero-order chi connectivity index (χ0) is 12.6. The van der Waals surface area contributed by atoms with Crippen molar-refractivity contribution in [2.45, 2.75) is 44.6 Å². The number of hydrogen-bond acceptors (Lipinski definition) is 3. The van der Waals surface area contributed by atoms with E-state index in [2.05, 4.69) is 4.99 Å². The van der Waals surface area contributed by atoms with E-state index >= 15 is 0 Å². The third kappa shape index (κ3) is 1.57. The average molecular weight is 243 g/mol. The smallest absolute Gasteiger partial charge is 0.306 e. The van der Waals surface area contributed by atoms with Crippen LogP contribution in [0.1, 0.15) is 44.6 Å². The van der Waals surface area contributed by atoms with Gasteiger partial charge in [0, 0.05) is 12.0 Å². The maximum Gasteiger partial charge on any atom is 0.306 e. The highest BCUT2D eigenvalue weighted by Gasteiger charge is 2.47. The van der Waals surface area contributed by atoms with Crippen molar-refractivity contribution in [3.63, 3.8) is 0 Å². The molecule has 1 unspecified atom stereocenters. The molecule has 94 valence electrons. The fourth-order valence-corrected chi connectivity index (χ4v) is 2.94. The van der Waals surface area contributed by atoms with Crippen molar-refractivity contribution >= 4 is 17.4 Å². The predicted molar refractivity (Wildman–Crippen MR) is 70.1 cm³/mol. The van der Waals surface area contributed by atoms with Crippen LogP contribution >= 0.6 is 0 Å². The molecule has 1 aliphatic carbocycles. The predicted octanol–water partition coefficient (Wildman–Crippen LogP) is 3.50. The number of benzene rings is 1. The molecule has 1 fully saturated rings. The Bertz CT molecular complexity index is 521. The van der Waals surface area contributed by atoms with E-state index in [1.54, 1.807) is 0 Å². The van der Waals surface area contributed by atoms with Gasteiger partial charge in [0.05, 0.1) is 11.4 Å². The van der Waals surface area contributed by atoms with Gasteiger partial charge in [-0.1, -0.05) is 25.1 Å². The molecule has 0 amide bonds. The molecule has 1 atom stereocenters. The van der Waals surface area contributed by atoms with E-state index in [9.17, 15) is 4.79 Å². The number of nitrogens with zero attached hydrogens (tertiary/aromatic N) is 1. The molecule has 0 saturated heterocycles. The van der Waals surface area contributed by atoms with Crippen molar-refractivity contribution in [1.82, 2.24) is 0 Å². The van der Waals surface area contributed by atoms with Crippen molar-refractivity contribution in [2.24, 2.45) is 4.99 Å². The molecule has 0 N–H and O–H groups in total. The Balaban J connectivity index is 2.07. The van der Waals surface area contributed by atoms with Crippen molar-refractivity contribution in [2.75, 3.05) is 0 Å². The Hall–Kier alpha value is -1.64. The topological polar surface area (TPSA) is 38.7 Å². The Labute approximate surface area is 107 Å². The lowest BCUT2D eigenvalue weighted by Crippen LogP contribution is -2.40. The zero-order valence-electron chi connectivity index (χ0n) is 10.6. The minimum Gasteiger partial charge on any atom is -0.448 e. The van der Waals surface area contributed by atoms with E-state index in [0.717, 1.165) is 42.6 Å². The zero-order valence-corrected chi connectivity index (χ0v) is 10.6. The van der Waals surface area contributed by atoms with Crippen LogP contribution in [0.15, 0.2) is 29.3 Å². The number of fused-ring (bicyclic) bond motifs is 3. The van der Waals surface area contributed by atoms with Gasteiger partial charge in [-0.25, -0.2) is 0 Å². The molecule has 2 aliphatic rings. The molecule has 0 aromatic heterocycles. The summed E-state index contributed by atoms with van der Waals surface area (Å²) in [4.78, 5) is 16.4. The van der Waals surface area contributed by atoms with Crippen LogP contribution < -0.4 is 0 Å². The molecule has 1 heterocycles. The summed E-state index contributed by atoms with van der Waals surface area (Å²) < 4.78 is 5.81. The quantitative estimate of drug-likeness (QED) is 0.746. The molecule has 1 aliphatic heterocycles. The minimum atomic E-state index is -0.554. The van der Waals surface area contributed by atoms with E-state index in [0.29, 0.717) is 6.42 Å². The summed E-state index contributed by atoms with van der Waals surface area (Å²) >= 11 is 0. The first-order valence-electron chi connectivity index (χ1n) is 6.65. The van der Waals surface area contributed by atoms with Crippen molar-refractivity contribution in [3.05, 3.63) is 29.8 Å². The number of esters is 1. The molecule has 3 nitrogen and oxygen atoms in total. The van der Waals surface area contributed by atoms with Gasteiger partial charge >= 0.3 is 5.97 Å². The number of carbonyl (C=O) groups excluding carboxylic acids is 1. The van der Waals surface area contributed by atoms with Gasteiger partial charge in [-0.3, -0.25) is 9.79 Å². The van der Waals surface area contributed by atoms with Gasteiger partial charge in [0.15, 0.2) is 5.60 Å². The number of aliphatic imine (C=N–C) groups is 1. The maximum absolute atomic E-state index is 11.8. The van der Waals surface area contributed by atoms with Gasteiger partial charge < -0.3 is 4.74 Å². The minimum absolute atomic E-state index is 0.138. The van der Waals surface area contributed by atoms with E-state index in [-0.39, 0.29) is 5.97 Å². The first-order valence-corrected chi connectivity index (χ1v) is 6.65. The molecule has 1 aromatic rings. The van der Waals surface area contributed by atoms with Gasteiger partial charge in [-0.2, -0.15) is 0 Å². The number of para-hydroxylation sites is 1. The molecular formula is C15H17NO2. The molecule has 3 heteroatoms. The molecule has 3 rings (SSSR count). The number of rotatable bonds is 2. The van der Waals surface area contributed by atoms with E-state index < -0.39 is 5.60 Å². The monoisotopic (exact) mass is 243 g/mol. The summed E-state index contributed by atoms with van der Waals surface area (Å²) in [6.07, 6.45) is 4.44. The summed E-state index contributed by atoms with van der Waals surface area (Å²) in [7, 11) is 0. The highest BCUT2D eigenvalue weighted by Crippen LogP contribution is 2.48. The van der Waals surface area contributed by atoms with Crippen LogP contribution in [0.4, 0.5) is 5.69 Å². The highest BCUT2D eigenvalue weighted by molar-refractivity contribution is 6.02. The fourth-order valence-electron chi connectivity index (χ4n) is 2.94. The Morgan fingerprint density at radius 3 is 3.06 bits per heavy atom. The second kappa shape index (κ2) is 4.23. The molecule has 1 saturated carbocycles. The van der Waals surface area contributed by atoms with E-state index in [1.165, 1.54) is 0 Å². The molecular weight excluding hydrogens is 226 g/mol. The van der Waals surface area contributed by atoms with E-state index in [4.69, 9.17) is 4.74 Å². The third-order valence-corrected chi connectivity index (χ3v) is 3.83. The lowest BCUT2D eigenvalue weighted by atomic mass is 9.79. The first kappa shape index (κ1) is 11.5. The van der Waals surface area contributed by atoms with Gasteiger partial charge in [0.1, 0.15) is 0 Å². The Morgan fingerprint density at radius 1 is 1.39 bits per heavy atom. The van der Waals surface area contributed by atoms with Gasteiger partial charge in [0.2, 0.25) is 0 Å². The van der Waals surface area contributed by atoms with Crippen LogP contribution in [0.25, 0.3) is 0 Å². The summed E-state index contributed by atoms with van der Waals surface area (Å²) in [5, 5.41) is 0.